The molecular weight excluding hydrogens is 369 g/mol. The van der Waals surface area contributed by atoms with E-state index >= 15 is 0 Å². The second kappa shape index (κ2) is 6.61. The minimum Gasteiger partial charge on any atom is -0.387 e. The third-order valence-corrected chi connectivity index (χ3v) is 6.14. The number of likely N-dealkylation sites (tertiary alicyclic amines) is 1. The topological polar surface area (TPSA) is 113 Å². The van der Waals surface area contributed by atoms with Crippen molar-refractivity contribution in [3.05, 3.63) is 29.6 Å². The number of fused-ring (bicyclic) bond motifs is 4. The highest BCUT2D eigenvalue weighted by Crippen LogP contribution is 2.49. The molecule has 3 aliphatic rings. The van der Waals surface area contributed by atoms with Crippen molar-refractivity contribution < 1.29 is 33.9 Å². The first-order valence-electron chi connectivity index (χ1n) is 9.32. The molecule has 1 aromatic carbocycles. The molecule has 0 radical (unpaired) electrons. The van der Waals surface area contributed by atoms with Gasteiger partial charge in [-0.3, -0.25) is 19.3 Å². The molecule has 3 aliphatic heterocycles. The predicted octanol–water partition coefficient (Wildman–Crippen LogP) is -1.06. The van der Waals surface area contributed by atoms with E-state index in [4.69, 9.17) is 4.74 Å². The maximum absolute atomic E-state index is 14.0. The molecular formula is C19H23FN3O5+. The maximum atomic E-state index is 14.0. The lowest BCUT2D eigenvalue weighted by atomic mass is 9.76. The van der Waals surface area contributed by atoms with Gasteiger partial charge in [-0.25, -0.2) is 4.39 Å². The number of hydrogen-bond donors (Lipinski definition) is 3. The van der Waals surface area contributed by atoms with Crippen molar-refractivity contribution in [3.63, 3.8) is 0 Å². The third-order valence-electron chi connectivity index (χ3n) is 6.14. The van der Waals surface area contributed by atoms with Crippen molar-refractivity contribution in [2.24, 2.45) is 11.8 Å². The van der Waals surface area contributed by atoms with Crippen molar-refractivity contribution >= 4 is 23.4 Å². The molecule has 4 rings (SSSR count). The molecule has 2 saturated heterocycles. The molecule has 0 saturated carbocycles. The second-order valence-corrected chi connectivity index (χ2v) is 7.68. The highest BCUT2D eigenvalue weighted by Gasteiger charge is 2.74. The Hall–Kier alpha value is -2.36. The van der Waals surface area contributed by atoms with Crippen LogP contribution in [0.4, 0.5) is 10.1 Å². The average molecular weight is 392 g/mol. The number of imide groups is 1. The zero-order valence-electron chi connectivity index (χ0n) is 15.6. The molecule has 0 aromatic heterocycles. The molecule has 3 amide bonds. The SMILES string of the molecule is COCCCN1C(=O)[C@@H]2[C@@H]([C@@H](C)O)[NH2+][C@]3(C(=O)Nc4ccc(F)cc43)[C@@H]2C1=O. The van der Waals surface area contributed by atoms with Gasteiger partial charge in [0, 0.05) is 25.8 Å². The normalized spacial score (nSPS) is 32.1. The monoisotopic (exact) mass is 392 g/mol. The number of nitrogens with one attached hydrogen (secondary N) is 1. The minimum absolute atomic E-state index is 0.179. The Kier molecular flexibility index (Phi) is 4.48. The molecule has 3 heterocycles. The van der Waals surface area contributed by atoms with Crippen LogP contribution in [0.2, 0.25) is 0 Å². The summed E-state index contributed by atoms with van der Waals surface area (Å²) in [6.45, 7) is 2.10. The van der Waals surface area contributed by atoms with Gasteiger partial charge in [-0.05, 0) is 31.5 Å². The van der Waals surface area contributed by atoms with Gasteiger partial charge >= 0.3 is 0 Å². The number of halogens is 1. The Bertz CT molecular complexity index is 860. The number of quaternary nitrogens is 1. The van der Waals surface area contributed by atoms with Crippen molar-refractivity contribution in [2.75, 3.05) is 25.6 Å². The Morgan fingerprint density at radius 3 is 2.79 bits per heavy atom. The molecule has 8 nitrogen and oxygen atoms in total. The van der Waals surface area contributed by atoms with Crippen LogP contribution in [0.15, 0.2) is 18.2 Å². The number of nitrogens with two attached hydrogens (primary N) is 1. The molecule has 1 aromatic rings. The lowest BCUT2D eigenvalue weighted by Crippen LogP contribution is -3.00. The van der Waals surface area contributed by atoms with Crippen LogP contribution in [0.25, 0.3) is 0 Å². The van der Waals surface area contributed by atoms with Crippen LogP contribution < -0.4 is 10.6 Å². The fourth-order valence-electron chi connectivity index (χ4n) is 4.95. The summed E-state index contributed by atoms with van der Waals surface area (Å²) in [4.78, 5) is 40.5. The summed E-state index contributed by atoms with van der Waals surface area (Å²) < 4.78 is 19.0. The van der Waals surface area contributed by atoms with Gasteiger partial charge in [-0.15, -0.1) is 0 Å². The van der Waals surface area contributed by atoms with Crippen LogP contribution in [0.1, 0.15) is 18.9 Å². The Morgan fingerprint density at radius 1 is 1.36 bits per heavy atom. The zero-order chi connectivity index (χ0) is 20.2. The molecule has 9 heteroatoms. The van der Waals surface area contributed by atoms with Crippen molar-refractivity contribution in [1.29, 1.82) is 0 Å². The number of carbonyl (C=O) groups is 3. The smallest absolute Gasteiger partial charge is 0.291 e. The van der Waals surface area contributed by atoms with Crippen molar-refractivity contribution in [1.82, 2.24) is 4.90 Å². The maximum Gasteiger partial charge on any atom is 0.291 e. The molecule has 28 heavy (non-hydrogen) atoms. The van der Waals surface area contributed by atoms with E-state index in [0.29, 0.717) is 24.3 Å². The highest BCUT2D eigenvalue weighted by molar-refractivity contribution is 6.13. The van der Waals surface area contributed by atoms with Crippen LogP contribution in [0, 0.1) is 17.7 Å². The first-order chi connectivity index (χ1) is 13.3. The second-order valence-electron chi connectivity index (χ2n) is 7.68. The minimum atomic E-state index is -1.47. The van der Waals surface area contributed by atoms with Gasteiger partial charge in [-0.2, -0.15) is 0 Å². The van der Waals surface area contributed by atoms with Gasteiger partial charge in [0.25, 0.3) is 5.91 Å². The van der Waals surface area contributed by atoms with E-state index in [0.717, 1.165) is 4.90 Å². The summed E-state index contributed by atoms with van der Waals surface area (Å²) in [5.74, 6) is -3.71. The van der Waals surface area contributed by atoms with Crippen LogP contribution in [-0.2, 0) is 24.7 Å². The number of anilines is 1. The van der Waals surface area contributed by atoms with Crippen LogP contribution in [0.3, 0.4) is 0 Å². The molecule has 150 valence electrons. The molecule has 0 unspecified atom stereocenters. The van der Waals surface area contributed by atoms with Crippen molar-refractivity contribution in [2.45, 2.75) is 31.0 Å². The van der Waals surface area contributed by atoms with Crippen LogP contribution >= 0.6 is 0 Å². The summed E-state index contributed by atoms with van der Waals surface area (Å²) in [6, 6.07) is 3.23. The number of aliphatic hydroxyl groups excluding tert-OH is 1. The molecule has 5 atom stereocenters. The Labute approximate surface area is 161 Å². The van der Waals surface area contributed by atoms with Gasteiger partial charge in [0.1, 0.15) is 29.8 Å². The summed E-state index contributed by atoms with van der Waals surface area (Å²) in [6.07, 6.45) is -0.464. The molecule has 2 fully saturated rings. The number of methoxy groups -OCH3 is 1. The number of carbonyl (C=O) groups excluding carboxylic acids is 3. The molecule has 0 aliphatic carbocycles. The van der Waals surface area contributed by atoms with Gasteiger partial charge in [0.2, 0.25) is 17.4 Å². The summed E-state index contributed by atoms with van der Waals surface area (Å²) in [7, 11) is 1.53. The van der Waals surface area contributed by atoms with E-state index in [2.05, 4.69) is 5.32 Å². The van der Waals surface area contributed by atoms with E-state index in [1.165, 1.54) is 32.2 Å². The van der Waals surface area contributed by atoms with E-state index in [-0.39, 0.29) is 6.54 Å². The lowest BCUT2D eigenvalue weighted by molar-refractivity contribution is -0.738. The average Bonchev–Trinajstić information content (AvgIpc) is 3.23. The molecule has 1 spiro atoms. The van der Waals surface area contributed by atoms with E-state index in [1.54, 1.807) is 5.32 Å². The Balaban J connectivity index is 1.81. The number of nitrogens with zero attached hydrogens (tertiary/aromatic N) is 1. The number of benzene rings is 1. The predicted molar refractivity (Wildman–Crippen MR) is 94.3 cm³/mol. The highest BCUT2D eigenvalue weighted by atomic mass is 19.1. The number of rotatable bonds is 5. The lowest BCUT2D eigenvalue weighted by Gasteiger charge is -2.27. The van der Waals surface area contributed by atoms with Crippen molar-refractivity contribution in [3.8, 4) is 0 Å². The van der Waals surface area contributed by atoms with E-state index in [1.807, 2.05) is 0 Å². The number of amides is 3. The quantitative estimate of drug-likeness (QED) is 0.437. The Morgan fingerprint density at radius 2 is 2.11 bits per heavy atom. The summed E-state index contributed by atoms with van der Waals surface area (Å²) >= 11 is 0. The van der Waals surface area contributed by atoms with Gasteiger partial charge in [-0.1, -0.05) is 0 Å². The largest absolute Gasteiger partial charge is 0.387 e. The van der Waals surface area contributed by atoms with Gasteiger partial charge in [0.05, 0.1) is 5.69 Å². The first-order valence-corrected chi connectivity index (χ1v) is 9.32. The number of hydrogen-bond acceptors (Lipinski definition) is 5. The fourth-order valence-corrected chi connectivity index (χ4v) is 4.95. The first kappa shape index (κ1) is 19.0. The fraction of sp³-hybridized carbons (Fsp3) is 0.526. The zero-order valence-corrected chi connectivity index (χ0v) is 15.6. The molecule has 4 N–H and O–H groups in total. The number of aliphatic hydroxyl groups is 1. The third kappa shape index (κ3) is 2.43. The molecule has 0 bridgehead atoms. The van der Waals surface area contributed by atoms with E-state index in [9.17, 15) is 23.9 Å². The summed E-state index contributed by atoms with van der Waals surface area (Å²) in [5, 5.41) is 14.6. The van der Waals surface area contributed by atoms with Crippen LogP contribution in [0.5, 0.6) is 0 Å². The van der Waals surface area contributed by atoms with Gasteiger partial charge in [0.15, 0.2) is 0 Å². The summed E-state index contributed by atoms with van der Waals surface area (Å²) in [5.41, 5.74) is -0.701. The van der Waals surface area contributed by atoms with Crippen LogP contribution in [-0.4, -0.2) is 60.1 Å². The number of ether oxygens (including phenoxy) is 1. The van der Waals surface area contributed by atoms with Gasteiger partial charge < -0.3 is 20.5 Å². The van der Waals surface area contributed by atoms with E-state index < -0.39 is 53.1 Å². The standard InChI is InChI=1S/C19H22FN3O5/c1-9(24)15-13-14(17(26)23(16(13)25)6-3-7-28-2)19(22-15)11-8-10(20)4-5-12(11)21-18(19)27/h4-5,8-9,13-15,22,24H,3,6-7H2,1-2H3,(H,21,27)/p+1/t9-,13+,14+,15-,19+/m1/s1.